The maximum atomic E-state index is 10.1. The minimum atomic E-state index is -0.659. The van der Waals surface area contributed by atoms with Gasteiger partial charge >= 0.3 is 0 Å². The molecule has 0 bridgehead atoms. The summed E-state index contributed by atoms with van der Waals surface area (Å²) in [6.45, 7) is 12.0. The Morgan fingerprint density at radius 3 is 2.42 bits per heavy atom. The highest BCUT2D eigenvalue weighted by Gasteiger charge is 2.20. The third kappa shape index (κ3) is 3.07. The van der Waals surface area contributed by atoms with Crippen LogP contribution in [0.4, 0.5) is 0 Å². The van der Waals surface area contributed by atoms with Gasteiger partial charge in [0.1, 0.15) is 5.75 Å². The Kier molecular flexibility index (Phi) is 5.37. The van der Waals surface area contributed by atoms with E-state index in [1.54, 1.807) is 13.2 Å². The summed E-state index contributed by atoms with van der Waals surface area (Å²) in [5.74, 6) is 1.18. The average molecular weight is 260 g/mol. The zero-order valence-corrected chi connectivity index (χ0v) is 12.5. The van der Waals surface area contributed by atoms with Crippen molar-refractivity contribution in [2.45, 2.75) is 39.7 Å². The van der Waals surface area contributed by atoms with Crippen molar-refractivity contribution in [1.82, 2.24) is 0 Å². The molecule has 0 spiro atoms. The zero-order chi connectivity index (χ0) is 14.6. The first-order valence-electron chi connectivity index (χ1n) is 6.62. The van der Waals surface area contributed by atoms with Crippen LogP contribution in [0.2, 0.25) is 0 Å². The highest BCUT2D eigenvalue weighted by molar-refractivity contribution is 5.73. The molecule has 1 unspecified atom stereocenters. The third-order valence-electron chi connectivity index (χ3n) is 3.40. The normalized spacial score (nSPS) is 13.5. The molecule has 0 fully saturated rings. The number of methoxy groups -OCH3 is 1. The first kappa shape index (κ1) is 15.5. The second-order valence-corrected chi connectivity index (χ2v) is 4.95. The second-order valence-electron chi connectivity index (χ2n) is 4.95. The van der Waals surface area contributed by atoms with Crippen molar-refractivity contribution in [3.8, 4) is 5.75 Å². The number of hydrogen-bond donors (Lipinski definition) is 1. The summed E-state index contributed by atoms with van der Waals surface area (Å²) in [4.78, 5) is 0. The van der Waals surface area contributed by atoms with Crippen LogP contribution in [0, 0.1) is 0 Å². The maximum Gasteiger partial charge on any atom is 0.122 e. The molecule has 19 heavy (non-hydrogen) atoms. The van der Waals surface area contributed by atoms with Gasteiger partial charge in [-0.15, -0.1) is 6.58 Å². The molecular formula is C17H24O2. The van der Waals surface area contributed by atoms with E-state index in [0.717, 1.165) is 28.0 Å². The van der Waals surface area contributed by atoms with E-state index in [-0.39, 0.29) is 0 Å². The molecule has 1 N–H and O–H groups in total. The Balaban J connectivity index is 3.68. The van der Waals surface area contributed by atoms with Crippen molar-refractivity contribution in [2.75, 3.05) is 7.11 Å². The predicted octanol–water partition coefficient (Wildman–Crippen LogP) is 4.46. The molecule has 0 saturated carbocycles. The predicted molar refractivity (Wildman–Crippen MR) is 81.6 cm³/mol. The Hall–Kier alpha value is -1.54. The van der Waals surface area contributed by atoms with Crippen LogP contribution < -0.4 is 4.74 Å². The molecule has 1 aromatic carbocycles. The molecule has 1 aromatic rings. The molecular weight excluding hydrogens is 236 g/mol. The smallest absolute Gasteiger partial charge is 0.122 e. The standard InChI is InChI=1S/C17H24O2/c1-7-12(5)17-13(14(18)8-2)9-10-15(19-6)16(17)11(3)4/h7-11,14,18H,2H2,1,3-6H3/b12-7+. The maximum absolute atomic E-state index is 10.1. The number of allylic oxidation sites excluding steroid dienone is 2. The van der Waals surface area contributed by atoms with E-state index in [9.17, 15) is 5.11 Å². The van der Waals surface area contributed by atoms with Gasteiger partial charge in [-0.1, -0.05) is 32.1 Å². The Morgan fingerprint density at radius 1 is 1.37 bits per heavy atom. The molecule has 0 saturated heterocycles. The van der Waals surface area contributed by atoms with Crippen LogP contribution in [0.3, 0.4) is 0 Å². The zero-order valence-electron chi connectivity index (χ0n) is 12.5. The Labute approximate surface area is 116 Å². The summed E-state index contributed by atoms with van der Waals surface area (Å²) in [5, 5.41) is 10.1. The minimum Gasteiger partial charge on any atom is -0.496 e. The fourth-order valence-electron chi connectivity index (χ4n) is 2.33. The van der Waals surface area contributed by atoms with Crippen LogP contribution in [0.15, 0.2) is 30.9 Å². The molecule has 0 radical (unpaired) electrons. The van der Waals surface area contributed by atoms with Crippen molar-refractivity contribution >= 4 is 5.57 Å². The lowest BCUT2D eigenvalue weighted by Gasteiger charge is -2.22. The molecule has 0 heterocycles. The van der Waals surface area contributed by atoms with Gasteiger partial charge in [-0.2, -0.15) is 0 Å². The molecule has 1 atom stereocenters. The summed E-state index contributed by atoms with van der Waals surface area (Å²) < 4.78 is 5.48. The molecule has 0 aromatic heterocycles. The Bertz CT molecular complexity index is 484. The minimum absolute atomic E-state index is 0.316. The van der Waals surface area contributed by atoms with Crippen molar-refractivity contribution in [3.05, 3.63) is 47.6 Å². The van der Waals surface area contributed by atoms with Crippen LogP contribution >= 0.6 is 0 Å². The lowest BCUT2D eigenvalue weighted by atomic mass is 9.86. The van der Waals surface area contributed by atoms with Gasteiger partial charge in [-0.05, 0) is 42.5 Å². The van der Waals surface area contributed by atoms with E-state index in [1.165, 1.54) is 0 Å². The van der Waals surface area contributed by atoms with E-state index < -0.39 is 6.10 Å². The van der Waals surface area contributed by atoms with Crippen molar-refractivity contribution in [2.24, 2.45) is 0 Å². The first-order valence-corrected chi connectivity index (χ1v) is 6.62. The van der Waals surface area contributed by atoms with Gasteiger partial charge in [0.2, 0.25) is 0 Å². The van der Waals surface area contributed by atoms with Gasteiger partial charge in [-0.25, -0.2) is 0 Å². The lowest BCUT2D eigenvalue weighted by Crippen LogP contribution is -2.06. The fraction of sp³-hybridized carbons (Fsp3) is 0.412. The van der Waals surface area contributed by atoms with Crippen LogP contribution in [-0.2, 0) is 0 Å². The van der Waals surface area contributed by atoms with E-state index in [0.29, 0.717) is 5.92 Å². The van der Waals surface area contributed by atoms with Crippen LogP contribution in [0.1, 0.15) is 56.4 Å². The molecule has 2 heteroatoms. The lowest BCUT2D eigenvalue weighted by molar-refractivity contribution is 0.228. The molecule has 0 aliphatic rings. The molecule has 0 aliphatic heterocycles. The first-order chi connectivity index (χ1) is 8.97. The van der Waals surface area contributed by atoms with Crippen molar-refractivity contribution in [1.29, 1.82) is 0 Å². The Morgan fingerprint density at radius 2 is 2.00 bits per heavy atom. The van der Waals surface area contributed by atoms with Gasteiger partial charge in [0.15, 0.2) is 0 Å². The van der Waals surface area contributed by atoms with Crippen LogP contribution in [0.25, 0.3) is 5.57 Å². The van der Waals surface area contributed by atoms with Crippen LogP contribution in [0.5, 0.6) is 5.75 Å². The second kappa shape index (κ2) is 6.58. The summed E-state index contributed by atoms with van der Waals surface area (Å²) in [6, 6.07) is 3.84. The number of aliphatic hydroxyl groups is 1. The number of rotatable bonds is 5. The topological polar surface area (TPSA) is 29.5 Å². The molecule has 0 aliphatic carbocycles. The van der Waals surface area contributed by atoms with E-state index in [4.69, 9.17) is 4.74 Å². The summed E-state index contributed by atoms with van der Waals surface area (Å²) in [6.07, 6.45) is 2.95. The number of aliphatic hydroxyl groups excluding tert-OH is 1. The highest BCUT2D eigenvalue weighted by atomic mass is 16.5. The van der Waals surface area contributed by atoms with Gasteiger partial charge in [-0.3, -0.25) is 0 Å². The van der Waals surface area contributed by atoms with Gasteiger partial charge in [0.05, 0.1) is 13.2 Å². The van der Waals surface area contributed by atoms with Gasteiger partial charge in [0, 0.05) is 5.56 Å². The SMILES string of the molecule is C=CC(O)c1ccc(OC)c(C(C)C)c1/C(C)=C/C. The van der Waals surface area contributed by atoms with Gasteiger partial charge < -0.3 is 9.84 Å². The number of hydrogen-bond acceptors (Lipinski definition) is 2. The van der Waals surface area contributed by atoms with E-state index >= 15 is 0 Å². The van der Waals surface area contributed by atoms with Gasteiger partial charge in [0.25, 0.3) is 0 Å². The molecule has 1 rings (SSSR count). The molecule has 2 nitrogen and oxygen atoms in total. The largest absolute Gasteiger partial charge is 0.496 e. The summed E-state index contributed by atoms with van der Waals surface area (Å²) >= 11 is 0. The fourth-order valence-corrected chi connectivity index (χ4v) is 2.33. The van der Waals surface area contributed by atoms with E-state index in [2.05, 4.69) is 33.4 Å². The third-order valence-corrected chi connectivity index (χ3v) is 3.40. The molecule has 0 amide bonds. The average Bonchev–Trinajstić information content (AvgIpc) is 2.43. The van der Waals surface area contributed by atoms with Crippen LogP contribution in [-0.4, -0.2) is 12.2 Å². The monoisotopic (exact) mass is 260 g/mol. The molecule has 104 valence electrons. The van der Waals surface area contributed by atoms with Crippen molar-refractivity contribution in [3.63, 3.8) is 0 Å². The van der Waals surface area contributed by atoms with E-state index in [1.807, 2.05) is 19.1 Å². The quantitative estimate of drug-likeness (QED) is 0.792. The number of ether oxygens (including phenoxy) is 1. The van der Waals surface area contributed by atoms with Crippen molar-refractivity contribution < 1.29 is 9.84 Å². The highest BCUT2D eigenvalue weighted by Crippen LogP contribution is 2.38. The summed E-state index contributed by atoms with van der Waals surface area (Å²) in [5.41, 5.74) is 4.23. The summed E-state index contributed by atoms with van der Waals surface area (Å²) in [7, 11) is 1.68. The number of benzene rings is 1.